The van der Waals surface area contributed by atoms with E-state index in [-0.39, 0.29) is 29.9 Å². The number of aromatic nitrogens is 2. The van der Waals surface area contributed by atoms with E-state index in [1.807, 2.05) is 18.7 Å². The number of H-pyrrole nitrogens is 1. The topological polar surface area (TPSA) is 69.3 Å². The fourth-order valence-electron chi connectivity index (χ4n) is 3.67. The lowest BCUT2D eigenvalue weighted by Crippen LogP contribution is -2.46. The van der Waals surface area contributed by atoms with Crippen molar-refractivity contribution in [2.24, 2.45) is 0 Å². The van der Waals surface area contributed by atoms with Crippen LogP contribution in [0.1, 0.15) is 41.4 Å². The van der Waals surface area contributed by atoms with Crippen LogP contribution in [0.15, 0.2) is 53.5 Å². The summed E-state index contributed by atoms with van der Waals surface area (Å²) >= 11 is 0. The van der Waals surface area contributed by atoms with Crippen LogP contribution < -0.4 is 15.4 Å². The van der Waals surface area contributed by atoms with Crippen LogP contribution in [0.5, 0.6) is 0 Å². The largest absolute Gasteiger partial charge is 0.324 e. The molecule has 3 heterocycles. The minimum Gasteiger partial charge on any atom is -0.324 e. The zero-order chi connectivity index (χ0) is 20.7. The monoisotopic (exact) mass is 392 g/mol. The molecule has 1 N–H and O–H groups in total. The zero-order valence-corrected chi connectivity index (χ0v) is 16.4. The second-order valence-electron chi connectivity index (χ2n) is 7.37. The summed E-state index contributed by atoms with van der Waals surface area (Å²) in [6.45, 7) is 5.94. The Hall–Kier alpha value is -3.48. The lowest BCUT2D eigenvalue weighted by Gasteiger charge is -2.38. The number of aryl methyl sites for hydroxylation is 1. The molecule has 0 bridgehead atoms. The summed E-state index contributed by atoms with van der Waals surface area (Å²) in [7, 11) is 0. The highest BCUT2D eigenvalue weighted by molar-refractivity contribution is 6.12. The van der Waals surface area contributed by atoms with Crippen molar-refractivity contribution >= 4 is 23.1 Å². The Morgan fingerprint density at radius 2 is 1.83 bits per heavy atom. The molecular formula is C22H21FN4O2. The highest BCUT2D eigenvalue weighted by Crippen LogP contribution is 2.38. The Bertz CT molecular complexity index is 1160. The molecule has 6 nitrogen and oxygen atoms in total. The maximum absolute atomic E-state index is 13.9. The first kappa shape index (κ1) is 18.9. The van der Waals surface area contributed by atoms with Gasteiger partial charge in [0.1, 0.15) is 18.3 Å². The number of rotatable bonds is 3. The molecule has 1 amide bonds. The summed E-state index contributed by atoms with van der Waals surface area (Å²) in [5.41, 5.74) is 3.05. The number of pyridine rings is 2. The second kappa shape index (κ2) is 7.16. The van der Waals surface area contributed by atoms with Crippen LogP contribution in [0.2, 0.25) is 0 Å². The van der Waals surface area contributed by atoms with Crippen molar-refractivity contribution in [3.05, 3.63) is 81.7 Å². The minimum atomic E-state index is -0.305. The van der Waals surface area contributed by atoms with E-state index in [1.165, 1.54) is 18.2 Å². The van der Waals surface area contributed by atoms with E-state index in [9.17, 15) is 14.0 Å². The van der Waals surface area contributed by atoms with Gasteiger partial charge in [0, 0.05) is 23.6 Å². The van der Waals surface area contributed by atoms with Gasteiger partial charge in [-0.25, -0.2) is 9.37 Å². The Morgan fingerprint density at radius 3 is 2.55 bits per heavy atom. The quantitative estimate of drug-likeness (QED) is 0.729. The minimum absolute atomic E-state index is 0.0776. The van der Waals surface area contributed by atoms with Crippen LogP contribution in [0.25, 0.3) is 0 Å². The van der Waals surface area contributed by atoms with Gasteiger partial charge in [-0.15, -0.1) is 0 Å². The van der Waals surface area contributed by atoms with E-state index in [2.05, 4.69) is 9.97 Å². The van der Waals surface area contributed by atoms with Gasteiger partial charge in [-0.05, 0) is 54.8 Å². The van der Waals surface area contributed by atoms with Gasteiger partial charge in [0.2, 0.25) is 5.56 Å². The number of hydrogen-bond donors (Lipinski definition) is 1. The van der Waals surface area contributed by atoms with Gasteiger partial charge in [0.05, 0.1) is 11.3 Å². The SMILES string of the molecule is Cc1[nH]c(=O)ccc1N1CN(c2ccc(F)cc2C(C)C)c2ncccc2C1=O. The van der Waals surface area contributed by atoms with Crippen molar-refractivity contribution < 1.29 is 9.18 Å². The number of benzene rings is 1. The number of anilines is 3. The average Bonchev–Trinajstić information content (AvgIpc) is 2.69. The molecule has 0 atom stereocenters. The van der Waals surface area contributed by atoms with Crippen LogP contribution in [0.4, 0.5) is 21.6 Å². The number of carbonyl (C=O) groups excluding carboxylic acids is 1. The molecule has 2 aromatic heterocycles. The molecule has 0 saturated heterocycles. The first-order valence-corrected chi connectivity index (χ1v) is 9.40. The number of nitrogens with one attached hydrogen (secondary N) is 1. The highest BCUT2D eigenvalue weighted by atomic mass is 19.1. The molecule has 1 aliphatic rings. The maximum Gasteiger partial charge on any atom is 0.263 e. The van der Waals surface area contributed by atoms with Gasteiger partial charge < -0.3 is 9.88 Å². The molecule has 0 saturated carbocycles. The van der Waals surface area contributed by atoms with Crippen LogP contribution in [0, 0.1) is 12.7 Å². The van der Waals surface area contributed by atoms with Gasteiger partial charge in [-0.2, -0.15) is 0 Å². The van der Waals surface area contributed by atoms with Crippen molar-refractivity contribution in [3.8, 4) is 0 Å². The van der Waals surface area contributed by atoms with E-state index in [4.69, 9.17) is 0 Å². The molecule has 4 rings (SSSR count). The first-order valence-electron chi connectivity index (χ1n) is 9.40. The van der Waals surface area contributed by atoms with Gasteiger partial charge in [-0.3, -0.25) is 14.5 Å². The smallest absolute Gasteiger partial charge is 0.263 e. The molecule has 0 aliphatic carbocycles. The molecule has 3 aromatic rings. The fourth-order valence-corrected chi connectivity index (χ4v) is 3.67. The van der Waals surface area contributed by atoms with Gasteiger partial charge in [0.15, 0.2) is 0 Å². The van der Waals surface area contributed by atoms with E-state index >= 15 is 0 Å². The van der Waals surface area contributed by atoms with Gasteiger partial charge in [-0.1, -0.05) is 13.8 Å². The van der Waals surface area contributed by atoms with E-state index in [1.54, 1.807) is 42.3 Å². The van der Waals surface area contributed by atoms with Crippen molar-refractivity contribution in [1.82, 2.24) is 9.97 Å². The van der Waals surface area contributed by atoms with Gasteiger partial charge in [0.25, 0.3) is 5.91 Å². The third-order valence-electron chi connectivity index (χ3n) is 5.08. The molecule has 1 aromatic carbocycles. The average molecular weight is 392 g/mol. The number of aromatic amines is 1. The Kier molecular flexibility index (Phi) is 4.66. The lowest BCUT2D eigenvalue weighted by atomic mass is 9.99. The summed E-state index contributed by atoms with van der Waals surface area (Å²) in [4.78, 5) is 35.5. The Labute approximate surface area is 167 Å². The molecule has 29 heavy (non-hydrogen) atoms. The summed E-state index contributed by atoms with van der Waals surface area (Å²) in [6, 6.07) is 11.1. The number of hydrogen-bond acceptors (Lipinski definition) is 4. The van der Waals surface area contributed by atoms with E-state index < -0.39 is 0 Å². The highest BCUT2D eigenvalue weighted by Gasteiger charge is 2.33. The molecule has 0 fully saturated rings. The molecule has 0 spiro atoms. The van der Waals surface area contributed by atoms with Crippen molar-refractivity contribution in [3.63, 3.8) is 0 Å². The maximum atomic E-state index is 13.9. The summed E-state index contributed by atoms with van der Waals surface area (Å²) in [5, 5.41) is 0. The van der Waals surface area contributed by atoms with Crippen molar-refractivity contribution in [2.75, 3.05) is 16.5 Å². The summed E-state index contributed by atoms with van der Waals surface area (Å²) in [6.07, 6.45) is 1.64. The van der Waals surface area contributed by atoms with E-state index in [0.717, 1.165) is 11.3 Å². The first-order chi connectivity index (χ1) is 13.9. The third kappa shape index (κ3) is 3.29. The Morgan fingerprint density at radius 1 is 1.07 bits per heavy atom. The standard InChI is InChI=1S/C22H21FN4O2/c1-13(2)17-11-15(23)6-7-19(17)26-12-27(18-8-9-20(28)25-14(18)3)22(29)16-5-4-10-24-21(16)26/h4-11,13H,12H2,1-3H3,(H,25,28). The number of amides is 1. The van der Waals surface area contributed by atoms with Crippen molar-refractivity contribution in [2.45, 2.75) is 26.7 Å². The molecule has 1 aliphatic heterocycles. The third-order valence-corrected chi connectivity index (χ3v) is 5.08. The number of carbonyl (C=O) groups is 1. The fraction of sp³-hybridized carbons (Fsp3) is 0.227. The Balaban J connectivity index is 1.90. The predicted octanol–water partition coefficient (Wildman–Crippen LogP) is 4.10. The molecule has 0 unspecified atom stereocenters. The summed E-state index contributed by atoms with van der Waals surface area (Å²) < 4.78 is 13.9. The van der Waals surface area contributed by atoms with Crippen LogP contribution in [-0.2, 0) is 0 Å². The van der Waals surface area contributed by atoms with Crippen LogP contribution in [0.3, 0.4) is 0 Å². The number of nitrogens with zero attached hydrogens (tertiary/aromatic N) is 3. The molecular weight excluding hydrogens is 371 g/mol. The van der Waals surface area contributed by atoms with Crippen LogP contribution >= 0.6 is 0 Å². The van der Waals surface area contributed by atoms with Gasteiger partial charge >= 0.3 is 0 Å². The molecule has 148 valence electrons. The zero-order valence-electron chi connectivity index (χ0n) is 16.4. The number of fused-ring (bicyclic) bond motifs is 1. The normalized spacial score (nSPS) is 13.8. The lowest BCUT2D eigenvalue weighted by molar-refractivity contribution is 0.0982. The second-order valence-corrected chi connectivity index (χ2v) is 7.37. The molecule has 7 heteroatoms. The predicted molar refractivity (Wildman–Crippen MR) is 110 cm³/mol. The van der Waals surface area contributed by atoms with E-state index in [0.29, 0.717) is 22.8 Å². The molecule has 0 radical (unpaired) electrons. The number of halogens is 1. The summed E-state index contributed by atoms with van der Waals surface area (Å²) in [5.74, 6) is 0.103. The van der Waals surface area contributed by atoms with Crippen molar-refractivity contribution in [1.29, 1.82) is 0 Å². The van der Waals surface area contributed by atoms with Crippen LogP contribution in [-0.4, -0.2) is 22.5 Å².